The number of rotatable bonds is 3. The summed E-state index contributed by atoms with van der Waals surface area (Å²) in [7, 11) is 0. The lowest BCUT2D eigenvalue weighted by atomic mass is 9.90. The summed E-state index contributed by atoms with van der Waals surface area (Å²) < 4.78 is 30.2. The Kier molecular flexibility index (Phi) is 3.94. The third-order valence-electron chi connectivity index (χ3n) is 2.82. The monoisotopic (exact) mass is 296 g/mol. The maximum Gasteiger partial charge on any atom is 0.180 e. The zero-order chi connectivity index (χ0) is 14.9. The molecule has 2 aromatic rings. The molecule has 0 radical (unpaired) electrons. The number of halogens is 2. The Bertz CT molecular complexity index is 647. The van der Waals surface area contributed by atoms with E-state index in [1.807, 2.05) is 20.8 Å². The Morgan fingerprint density at radius 1 is 1.30 bits per heavy atom. The molecule has 0 saturated heterocycles. The summed E-state index contributed by atoms with van der Waals surface area (Å²) in [6.07, 6.45) is -0.126. The van der Waals surface area contributed by atoms with E-state index < -0.39 is 11.6 Å². The topological polar surface area (TPSA) is 42.9 Å². The summed E-state index contributed by atoms with van der Waals surface area (Å²) in [5, 5.41) is 3.98. The third-order valence-corrected chi connectivity index (χ3v) is 3.58. The Morgan fingerprint density at radius 3 is 2.60 bits per heavy atom. The van der Waals surface area contributed by atoms with Crippen molar-refractivity contribution in [3.63, 3.8) is 0 Å². The molecule has 6 heteroatoms. The lowest BCUT2D eigenvalue weighted by molar-refractivity contribution is 0.0993. The summed E-state index contributed by atoms with van der Waals surface area (Å²) in [4.78, 5) is 12.7. The van der Waals surface area contributed by atoms with Gasteiger partial charge in [-0.2, -0.15) is 0 Å². The molecule has 1 aromatic heterocycles. The van der Waals surface area contributed by atoms with Crippen LogP contribution in [0.25, 0.3) is 0 Å². The lowest BCUT2D eigenvalue weighted by Crippen LogP contribution is -2.17. The Hall–Kier alpha value is -1.69. The minimum absolute atomic E-state index is 0.126. The van der Waals surface area contributed by atoms with Crippen LogP contribution < -0.4 is 0 Å². The molecule has 0 amide bonds. The molecular weight excluding hydrogens is 282 g/mol. The van der Waals surface area contributed by atoms with Crippen LogP contribution in [-0.2, 0) is 11.8 Å². The van der Waals surface area contributed by atoms with Crippen LogP contribution in [0.3, 0.4) is 0 Å². The second-order valence-corrected chi connectivity index (χ2v) is 6.29. The predicted molar refractivity (Wildman–Crippen MR) is 73.0 cm³/mol. The summed E-state index contributed by atoms with van der Waals surface area (Å²) in [5.74, 6) is -1.63. The lowest BCUT2D eigenvalue weighted by Gasteiger charge is -2.15. The van der Waals surface area contributed by atoms with Crippen LogP contribution in [0.2, 0.25) is 0 Å². The standard InChI is InChI=1S/C14H14F2N2OS/c1-14(2,3)13-12(20-18-17-13)11(19)6-8-4-5-9(15)7-10(8)16/h4-5,7H,6H2,1-3H3. The molecule has 0 aliphatic carbocycles. The Morgan fingerprint density at radius 2 is 2.00 bits per heavy atom. The minimum Gasteiger partial charge on any atom is -0.293 e. The van der Waals surface area contributed by atoms with Gasteiger partial charge in [-0.15, -0.1) is 5.10 Å². The fourth-order valence-electron chi connectivity index (χ4n) is 1.78. The molecule has 1 aromatic carbocycles. The second kappa shape index (κ2) is 5.36. The van der Waals surface area contributed by atoms with Crippen molar-refractivity contribution >= 4 is 17.3 Å². The van der Waals surface area contributed by atoms with E-state index in [4.69, 9.17) is 0 Å². The Labute approximate surface area is 119 Å². The fraction of sp³-hybridized carbons (Fsp3) is 0.357. The van der Waals surface area contributed by atoms with E-state index in [-0.39, 0.29) is 23.2 Å². The molecule has 0 saturated carbocycles. The van der Waals surface area contributed by atoms with Gasteiger partial charge in [0.25, 0.3) is 0 Å². The van der Waals surface area contributed by atoms with Crippen molar-refractivity contribution in [1.82, 2.24) is 9.59 Å². The summed E-state index contributed by atoms with van der Waals surface area (Å²) in [5.41, 5.74) is 0.471. The number of benzene rings is 1. The second-order valence-electron chi connectivity index (χ2n) is 5.54. The van der Waals surface area contributed by atoms with Crippen molar-refractivity contribution in [3.8, 4) is 0 Å². The SMILES string of the molecule is CC(C)(C)c1nnsc1C(=O)Cc1ccc(F)cc1F. The average Bonchev–Trinajstić information content (AvgIpc) is 2.81. The number of ketones is 1. The van der Waals surface area contributed by atoms with Gasteiger partial charge in [0.1, 0.15) is 16.5 Å². The van der Waals surface area contributed by atoms with Gasteiger partial charge in [0.05, 0.1) is 5.69 Å². The van der Waals surface area contributed by atoms with E-state index in [1.54, 1.807) is 0 Å². The molecule has 0 spiro atoms. The molecule has 3 nitrogen and oxygen atoms in total. The first kappa shape index (κ1) is 14.7. The van der Waals surface area contributed by atoms with E-state index in [2.05, 4.69) is 9.59 Å². The molecular formula is C14H14F2N2OS. The largest absolute Gasteiger partial charge is 0.293 e. The first-order chi connectivity index (χ1) is 9.29. The van der Waals surface area contributed by atoms with E-state index >= 15 is 0 Å². The smallest absolute Gasteiger partial charge is 0.180 e. The van der Waals surface area contributed by atoms with Gasteiger partial charge in [0.15, 0.2) is 5.78 Å². The molecule has 0 aliphatic heterocycles. The van der Waals surface area contributed by atoms with Crippen LogP contribution in [0, 0.1) is 11.6 Å². The van der Waals surface area contributed by atoms with Crippen molar-refractivity contribution in [2.45, 2.75) is 32.6 Å². The average molecular weight is 296 g/mol. The zero-order valence-electron chi connectivity index (χ0n) is 11.4. The quantitative estimate of drug-likeness (QED) is 0.814. The molecule has 0 N–H and O–H groups in total. The van der Waals surface area contributed by atoms with Gasteiger partial charge in [-0.25, -0.2) is 8.78 Å². The maximum atomic E-state index is 13.6. The van der Waals surface area contributed by atoms with E-state index in [9.17, 15) is 13.6 Å². The Balaban J connectivity index is 2.27. The highest BCUT2D eigenvalue weighted by molar-refractivity contribution is 7.08. The number of nitrogens with zero attached hydrogens (tertiary/aromatic N) is 2. The van der Waals surface area contributed by atoms with Crippen LogP contribution in [0.5, 0.6) is 0 Å². The normalized spacial score (nSPS) is 11.7. The highest BCUT2D eigenvalue weighted by atomic mass is 32.1. The van der Waals surface area contributed by atoms with E-state index in [1.165, 1.54) is 6.07 Å². The van der Waals surface area contributed by atoms with Gasteiger partial charge in [-0.05, 0) is 23.2 Å². The molecule has 106 valence electrons. The highest BCUT2D eigenvalue weighted by Crippen LogP contribution is 2.27. The summed E-state index contributed by atoms with van der Waals surface area (Å²) in [6, 6.07) is 3.20. The van der Waals surface area contributed by atoms with Crippen LogP contribution in [0.1, 0.15) is 41.7 Å². The van der Waals surface area contributed by atoms with Crippen molar-refractivity contribution < 1.29 is 13.6 Å². The number of hydrogen-bond donors (Lipinski definition) is 0. The van der Waals surface area contributed by atoms with Gasteiger partial charge in [-0.1, -0.05) is 31.3 Å². The molecule has 0 bridgehead atoms. The molecule has 0 fully saturated rings. The van der Waals surface area contributed by atoms with E-state index in [0.29, 0.717) is 10.6 Å². The number of Topliss-reactive ketones (excluding diaryl/α,β-unsaturated/α-hetero) is 1. The molecule has 0 unspecified atom stereocenters. The fourth-order valence-corrected chi connectivity index (χ4v) is 2.59. The maximum absolute atomic E-state index is 13.6. The first-order valence-corrected chi connectivity index (χ1v) is 6.86. The minimum atomic E-state index is -0.715. The van der Waals surface area contributed by atoms with Gasteiger partial charge in [0.2, 0.25) is 0 Å². The molecule has 2 rings (SSSR count). The van der Waals surface area contributed by atoms with Gasteiger partial charge >= 0.3 is 0 Å². The van der Waals surface area contributed by atoms with Crippen molar-refractivity contribution in [1.29, 1.82) is 0 Å². The highest BCUT2D eigenvalue weighted by Gasteiger charge is 2.26. The number of carbonyl (C=O) groups excluding carboxylic acids is 1. The van der Waals surface area contributed by atoms with Crippen LogP contribution >= 0.6 is 11.5 Å². The van der Waals surface area contributed by atoms with Crippen molar-refractivity contribution in [3.05, 3.63) is 46.0 Å². The van der Waals surface area contributed by atoms with Crippen LogP contribution in [0.4, 0.5) is 8.78 Å². The van der Waals surface area contributed by atoms with Crippen molar-refractivity contribution in [2.75, 3.05) is 0 Å². The van der Waals surface area contributed by atoms with Crippen molar-refractivity contribution in [2.24, 2.45) is 0 Å². The molecule has 0 aliphatic rings. The zero-order valence-corrected chi connectivity index (χ0v) is 12.2. The van der Waals surface area contributed by atoms with Gasteiger partial charge < -0.3 is 0 Å². The molecule has 0 atom stereocenters. The van der Waals surface area contributed by atoms with Crippen LogP contribution in [-0.4, -0.2) is 15.4 Å². The van der Waals surface area contributed by atoms with Gasteiger partial charge in [-0.3, -0.25) is 4.79 Å². The predicted octanol–water partition coefficient (Wildman–Crippen LogP) is 3.54. The summed E-state index contributed by atoms with van der Waals surface area (Å²) >= 11 is 1.01. The molecule has 20 heavy (non-hydrogen) atoms. The van der Waals surface area contributed by atoms with E-state index in [0.717, 1.165) is 23.7 Å². The summed E-state index contributed by atoms with van der Waals surface area (Å²) in [6.45, 7) is 5.79. The number of aromatic nitrogens is 2. The number of carbonyl (C=O) groups is 1. The van der Waals surface area contributed by atoms with Gasteiger partial charge in [0, 0.05) is 17.9 Å². The third kappa shape index (κ3) is 3.07. The first-order valence-electron chi connectivity index (χ1n) is 6.09. The van der Waals surface area contributed by atoms with Crippen LogP contribution in [0.15, 0.2) is 18.2 Å². The molecule has 1 heterocycles. The number of hydrogen-bond acceptors (Lipinski definition) is 4.